The minimum atomic E-state index is 0. The molecule has 1 heterocycles. The number of allylic oxidation sites excluding steroid dienone is 1. The van der Waals surface area contributed by atoms with Crippen LogP contribution in [0.4, 0.5) is 0 Å². The summed E-state index contributed by atoms with van der Waals surface area (Å²) in [6, 6.07) is 0. The van der Waals surface area contributed by atoms with Crippen molar-refractivity contribution >= 4 is 0 Å². The molecule has 1 aliphatic rings. The van der Waals surface area contributed by atoms with E-state index in [0.717, 1.165) is 6.54 Å². The predicted octanol–water partition coefficient (Wildman–Crippen LogP) is -2.00. The third-order valence-electron chi connectivity index (χ3n) is 0.928. The van der Waals surface area contributed by atoms with Crippen molar-refractivity contribution in [3.8, 4) is 0 Å². The Kier molecular flexibility index (Phi) is 5.05. The van der Waals surface area contributed by atoms with Crippen LogP contribution in [0.5, 0.6) is 0 Å². The van der Waals surface area contributed by atoms with Crippen LogP contribution >= 0.6 is 0 Å². The van der Waals surface area contributed by atoms with Gasteiger partial charge in [0.1, 0.15) is 0 Å². The molecule has 1 nitrogen and oxygen atoms in total. The molecular formula is C5H10NNa. The van der Waals surface area contributed by atoms with E-state index in [2.05, 4.69) is 11.4 Å². The average Bonchev–Trinajstić information content (AvgIpc) is 1.72. The smallest absolute Gasteiger partial charge is 1.00 e. The molecule has 7 heavy (non-hydrogen) atoms. The minimum absolute atomic E-state index is 0. The zero-order chi connectivity index (χ0) is 4.24. The van der Waals surface area contributed by atoms with Crippen LogP contribution < -0.4 is 34.9 Å². The number of hydrogen-bond acceptors (Lipinski definition) is 1. The normalized spacial score (nSPS) is 17.1. The molecule has 36 valence electrons. The zero-order valence-electron chi connectivity index (χ0n) is 5.78. The fourth-order valence-corrected chi connectivity index (χ4v) is 0.572. The molecule has 0 amide bonds. The third kappa shape index (κ3) is 3.15. The van der Waals surface area contributed by atoms with E-state index in [1.165, 1.54) is 12.8 Å². The van der Waals surface area contributed by atoms with Crippen LogP contribution in [0, 0.1) is 0 Å². The topological polar surface area (TPSA) is 12.0 Å². The molecule has 1 N–H and O–H groups in total. The molecule has 0 radical (unpaired) electrons. The van der Waals surface area contributed by atoms with Gasteiger partial charge in [0.15, 0.2) is 0 Å². The van der Waals surface area contributed by atoms with Gasteiger partial charge >= 0.3 is 29.6 Å². The maximum Gasteiger partial charge on any atom is 1.00 e. The molecule has 0 saturated carbocycles. The Morgan fingerprint density at radius 2 is 2.43 bits per heavy atom. The largest absolute Gasteiger partial charge is 1.00 e. The van der Waals surface area contributed by atoms with Gasteiger partial charge in [-0.15, -0.1) is 0 Å². The molecule has 0 saturated heterocycles. The third-order valence-corrected chi connectivity index (χ3v) is 0.928. The molecule has 0 aliphatic carbocycles. The molecule has 0 aromatic heterocycles. The van der Waals surface area contributed by atoms with Crippen LogP contribution in [0.2, 0.25) is 0 Å². The standard InChI is InChI=1S/C5H9N.Na.H/c1-2-4-6-5-3-1;;/h2,4,6H,1,3,5H2;;/q;+1;-1. The first-order valence-electron chi connectivity index (χ1n) is 2.38. The minimum Gasteiger partial charge on any atom is -1.00 e. The van der Waals surface area contributed by atoms with E-state index in [-0.39, 0.29) is 31.0 Å². The Morgan fingerprint density at radius 3 is 2.57 bits per heavy atom. The van der Waals surface area contributed by atoms with Gasteiger partial charge in [0, 0.05) is 6.54 Å². The van der Waals surface area contributed by atoms with E-state index in [9.17, 15) is 0 Å². The number of rotatable bonds is 0. The van der Waals surface area contributed by atoms with Gasteiger partial charge in [-0.25, -0.2) is 0 Å². The van der Waals surface area contributed by atoms with E-state index in [4.69, 9.17) is 0 Å². The fraction of sp³-hybridized carbons (Fsp3) is 0.600. The molecule has 1 rings (SSSR count). The second-order valence-electron chi connectivity index (χ2n) is 1.50. The Morgan fingerprint density at radius 1 is 1.57 bits per heavy atom. The van der Waals surface area contributed by atoms with Gasteiger partial charge < -0.3 is 6.74 Å². The number of hydrogen-bond donors (Lipinski definition) is 1. The van der Waals surface area contributed by atoms with Crippen molar-refractivity contribution in [2.45, 2.75) is 12.8 Å². The maximum absolute atomic E-state index is 3.10. The molecule has 0 atom stereocenters. The Hall–Kier alpha value is 0.540. The molecule has 0 aromatic carbocycles. The van der Waals surface area contributed by atoms with Crippen LogP contribution in [0.1, 0.15) is 14.3 Å². The first kappa shape index (κ1) is 7.54. The second kappa shape index (κ2) is 4.69. The summed E-state index contributed by atoms with van der Waals surface area (Å²) >= 11 is 0. The van der Waals surface area contributed by atoms with Crippen LogP contribution in [0.15, 0.2) is 12.3 Å². The Bertz CT molecular complexity index is 57.4. The molecule has 0 fully saturated rings. The Balaban J connectivity index is 0. The average molecular weight is 107 g/mol. The van der Waals surface area contributed by atoms with E-state index in [1.54, 1.807) is 0 Å². The second-order valence-corrected chi connectivity index (χ2v) is 1.50. The maximum atomic E-state index is 3.10. The van der Waals surface area contributed by atoms with Gasteiger partial charge in [-0.3, -0.25) is 0 Å². The van der Waals surface area contributed by atoms with Crippen molar-refractivity contribution in [2.24, 2.45) is 0 Å². The van der Waals surface area contributed by atoms with Crippen molar-refractivity contribution in [1.29, 1.82) is 0 Å². The fourth-order valence-electron chi connectivity index (χ4n) is 0.572. The van der Waals surface area contributed by atoms with Gasteiger partial charge in [-0.1, -0.05) is 6.08 Å². The van der Waals surface area contributed by atoms with Crippen molar-refractivity contribution in [2.75, 3.05) is 6.54 Å². The van der Waals surface area contributed by atoms with E-state index in [1.807, 2.05) is 6.20 Å². The van der Waals surface area contributed by atoms with Gasteiger partial charge in [0.05, 0.1) is 0 Å². The van der Waals surface area contributed by atoms with Gasteiger partial charge in [0.25, 0.3) is 0 Å². The summed E-state index contributed by atoms with van der Waals surface area (Å²) in [4.78, 5) is 0. The summed E-state index contributed by atoms with van der Waals surface area (Å²) in [5.41, 5.74) is 0. The van der Waals surface area contributed by atoms with Crippen molar-refractivity contribution in [3.63, 3.8) is 0 Å². The molecule has 0 aromatic rings. The number of nitrogens with one attached hydrogen (secondary N) is 1. The molecule has 1 aliphatic heterocycles. The molecule has 0 bridgehead atoms. The Labute approximate surface area is 68.0 Å². The summed E-state index contributed by atoms with van der Waals surface area (Å²) in [5.74, 6) is 0. The molecule has 0 spiro atoms. The van der Waals surface area contributed by atoms with Gasteiger partial charge in [0.2, 0.25) is 0 Å². The van der Waals surface area contributed by atoms with Crippen molar-refractivity contribution in [1.82, 2.24) is 5.32 Å². The molecule has 0 unspecified atom stereocenters. The quantitative estimate of drug-likeness (QED) is 0.353. The first-order chi connectivity index (χ1) is 3.00. The SMILES string of the molecule is C1=CNCCC1.[H-].[Na+]. The summed E-state index contributed by atoms with van der Waals surface area (Å²) < 4.78 is 0. The van der Waals surface area contributed by atoms with Crippen LogP contribution in [-0.2, 0) is 0 Å². The first-order valence-corrected chi connectivity index (χ1v) is 2.38. The summed E-state index contributed by atoms with van der Waals surface area (Å²) in [5, 5.41) is 3.10. The predicted molar refractivity (Wildman–Crippen MR) is 27.5 cm³/mol. The molecular weight excluding hydrogens is 97.1 g/mol. The van der Waals surface area contributed by atoms with Crippen molar-refractivity contribution < 1.29 is 31.0 Å². The van der Waals surface area contributed by atoms with Crippen molar-refractivity contribution in [3.05, 3.63) is 12.3 Å². The van der Waals surface area contributed by atoms with Crippen LogP contribution in [-0.4, -0.2) is 6.54 Å². The monoisotopic (exact) mass is 107 g/mol. The summed E-state index contributed by atoms with van der Waals surface area (Å²) in [7, 11) is 0. The van der Waals surface area contributed by atoms with E-state index in [0.29, 0.717) is 0 Å². The van der Waals surface area contributed by atoms with Gasteiger partial charge in [-0.05, 0) is 19.0 Å². The van der Waals surface area contributed by atoms with E-state index >= 15 is 0 Å². The van der Waals surface area contributed by atoms with Gasteiger partial charge in [-0.2, -0.15) is 0 Å². The summed E-state index contributed by atoms with van der Waals surface area (Å²) in [6.07, 6.45) is 6.73. The zero-order valence-corrected chi connectivity index (χ0v) is 6.78. The van der Waals surface area contributed by atoms with E-state index < -0.39 is 0 Å². The van der Waals surface area contributed by atoms with Crippen LogP contribution in [0.25, 0.3) is 0 Å². The molecule has 2 heteroatoms. The van der Waals surface area contributed by atoms with Crippen LogP contribution in [0.3, 0.4) is 0 Å². The summed E-state index contributed by atoms with van der Waals surface area (Å²) in [6.45, 7) is 1.16.